The molecule has 0 saturated carbocycles. The van der Waals surface area contributed by atoms with E-state index in [9.17, 15) is 4.79 Å². The van der Waals surface area contributed by atoms with Gasteiger partial charge in [-0.2, -0.15) is 5.10 Å². The van der Waals surface area contributed by atoms with Crippen LogP contribution in [0.1, 0.15) is 11.1 Å². The molecule has 2 amide bonds. The number of nitrogens with two attached hydrogens (primary N) is 1. The lowest BCUT2D eigenvalue weighted by molar-refractivity contribution is 0.249. The molecule has 0 spiro atoms. The highest BCUT2D eigenvalue weighted by molar-refractivity contribution is 6.35. The molecule has 0 aliphatic carbocycles. The molecule has 8 heteroatoms. The minimum atomic E-state index is -0.760. The van der Waals surface area contributed by atoms with Crippen molar-refractivity contribution in [3.05, 3.63) is 57.6 Å². The average Bonchev–Trinajstić information content (AvgIpc) is 2.54. The number of carbonyl (C=O) groups excluding carboxylic acids is 1. The summed E-state index contributed by atoms with van der Waals surface area (Å²) in [4.78, 5) is 10.7. The second kappa shape index (κ2) is 8.42. The Bertz CT molecular complexity index is 766. The van der Waals surface area contributed by atoms with Gasteiger partial charge in [0.05, 0.1) is 13.3 Å². The van der Waals surface area contributed by atoms with E-state index in [0.717, 1.165) is 5.56 Å². The first-order valence-corrected chi connectivity index (χ1v) is 7.59. The number of benzene rings is 2. The molecule has 3 N–H and O–H groups in total. The van der Waals surface area contributed by atoms with E-state index in [1.165, 1.54) is 13.3 Å². The van der Waals surface area contributed by atoms with Crippen LogP contribution >= 0.6 is 23.2 Å². The molecule has 2 rings (SSSR count). The van der Waals surface area contributed by atoms with E-state index in [2.05, 4.69) is 10.5 Å². The van der Waals surface area contributed by atoms with Crippen molar-refractivity contribution < 1.29 is 14.3 Å². The Balaban J connectivity index is 2.23. The SMILES string of the molecule is COc1cccc(C=NNC(N)=O)c1OCc1ccc(Cl)cc1Cl. The molecule has 0 bridgehead atoms. The first-order chi connectivity index (χ1) is 11.5. The fourth-order valence-electron chi connectivity index (χ4n) is 1.90. The third-order valence-electron chi connectivity index (χ3n) is 2.99. The monoisotopic (exact) mass is 367 g/mol. The number of nitrogens with zero attached hydrogens (tertiary/aromatic N) is 1. The average molecular weight is 368 g/mol. The maximum absolute atomic E-state index is 10.7. The topological polar surface area (TPSA) is 85.9 Å². The van der Waals surface area contributed by atoms with Gasteiger partial charge in [0.1, 0.15) is 6.61 Å². The molecular weight excluding hydrogens is 353 g/mol. The van der Waals surface area contributed by atoms with Gasteiger partial charge in [-0.05, 0) is 24.3 Å². The third kappa shape index (κ3) is 4.78. The molecule has 0 atom stereocenters. The molecule has 0 heterocycles. The molecular formula is C16H15Cl2N3O3. The Morgan fingerprint density at radius 1 is 1.33 bits per heavy atom. The standard InChI is InChI=1S/C16H15Cl2N3O3/c1-23-14-4-2-3-10(8-20-21-16(19)22)15(14)24-9-11-5-6-12(17)7-13(11)18/h2-8H,9H2,1H3,(H3,19,21,22). The molecule has 0 aliphatic rings. The predicted molar refractivity (Wildman–Crippen MR) is 94.1 cm³/mol. The van der Waals surface area contributed by atoms with Crippen LogP contribution in [0.3, 0.4) is 0 Å². The van der Waals surface area contributed by atoms with Crippen LogP contribution < -0.4 is 20.6 Å². The van der Waals surface area contributed by atoms with Crippen LogP contribution in [0.4, 0.5) is 4.79 Å². The number of hydrazone groups is 1. The zero-order chi connectivity index (χ0) is 17.5. The van der Waals surface area contributed by atoms with E-state index < -0.39 is 6.03 Å². The fourth-order valence-corrected chi connectivity index (χ4v) is 2.37. The molecule has 126 valence electrons. The van der Waals surface area contributed by atoms with E-state index in [0.29, 0.717) is 27.1 Å². The molecule has 2 aromatic carbocycles. The number of methoxy groups -OCH3 is 1. The zero-order valence-electron chi connectivity index (χ0n) is 12.8. The molecule has 0 aromatic heterocycles. The molecule has 24 heavy (non-hydrogen) atoms. The van der Waals surface area contributed by atoms with E-state index in [1.807, 2.05) is 0 Å². The van der Waals surface area contributed by atoms with Gasteiger partial charge in [-0.25, -0.2) is 10.2 Å². The summed E-state index contributed by atoms with van der Waals surface area (Å²) >= 11 is 12.0. The van der Waals surface area contributed by atoms with Gasteiger partial charge in [0.25, 0.3) is 0 Å². The van der Waals surface area contributed by atoms with Crippen molar-refractivity contribution in [2.24, 2.45) is 10.8 Å². The summed E-state index contributed by atoms with van der Waals surface area (Å²) in [6.45, 7) is 0.209. The van der Waals surface area contributed by atoms with Crippen LogP contribution in [0.5, 0.6) is 11.5 Å². The van der Waals surface area contributed by atoms with Gasteiger partial charge in [-0.15, -0.1) is 0 Å². The number of ether oxygens (including phenoxy) is 2. The highest BCUT2D eigenvalue weighted by Gasteiger charge is 2.11. The Labute approximate surface area is 149 Å². The van der Waals surface area contributed by atoms with Gasteiger partial charge in [-0.3, -0.25) is 0 Å². The Kier molecular flexibility index (Phi) is 6.28. The number of primary amides is 1. The van der Waals surface area contributed by atoms with Crippen molar-refractivity contribution in [1.29, 1.82) is 0 Å². The van der Waals surface area contributed by atoms with E-state index in [1.54, 1.807) is 36.4 Å². The number of hydrogen-bond donors (Lipinski definition) is 2. The summed E-state index contributed by atoms with van der Waals surface area (Å²) in [5, 5.41) is 4.78. The maximum atomic E-state index is 10.7. The summed E-state index contributed by atoms with van der Waals surface area (Å²) < 4.78 is 11.1. The van der Waals surface area contributed by atoms with Crippen LogP contribution in [0.2, 0.25) is 10.0 Å². The summed E-state index contributed by atoms with van der Waals surface area (Å²) in [5.74, 6) is 0.976. The minimum absolute atomic E-state index is 0.209. The number of nitrogens with one attached hydrogen (secondary N) is 1. The summed E-state index contributed by atoms with van der Waals surface area (Å²) in [6.07, 6.45) is 1.41. The lowest BCUT2D eigenvalue weighted by Gasteiger charge is -2.14. The second-order valence-corrected chi connectivity index (χ2v) is 5.48. The number of halogens is 2. The van der Waals surface area contributed by atoms with Crippen LogP contribution in [-0.2, 0) is 6.61 Å². The summed E-state index contributed by atoms with van der Waals surface area (Å²) in [5.41, 5.74) is 8.47. The van der Waals surface area contributed by atoms with Gasteiger partial charge in [0.15, 0.2) is 11.5 Å². The summed E-state index contributed by atoms with van der Waals surface area (Å²) in [7, 11) is 1.53. The van der Waals surface area contributed by atoms with Crippen molar-refractivity contribution in [2.75, 3.05) is 7.11 Å². The zero-order valence-corrected chi connectivity index (χ0v) is 14.3. The first kappa shape index (κ1) is 17.9. The van der Waals surface area contributed by atoms with Crippen molar-refractivity contribution in [2.45, 2.75) is 6.61 Å². The highest BCUT2D eigenvalue weighted by Crippen LogP contribution is 2.31. The lowest BCUT2D eigenvalue weighted by Crippen LogP contribution is -2.24. The van der Waals surface area contributed by atoms with E-state index in [-0.39, 0.29) is 6.61 Å². The molecule has 0 fully saturated rings. The Morgan fingerprint density at radius 2 is 2.12 bits per heavy atom. The largest absolute Gasteiger partial charge is 0.493 e. The lowest BCUT2D eigenvalue weighted by atomic mass is 10.2. The van der Waals surface area contributed by atoms with Gasteiger partial charge in [0, 0.05) is 21.2 Å². The predicted octanol–water partition coefficient (Wildman–Crippen LogP) is 3.58. The first-order valence-electron chi connectivity index (χ1n) is 6.83. The van der Waals surface area contributed by atoms with Gasteiger partial charge in [0.2, 0.25) is 0 Å². The normalized spacial score (nSPS) is 10.6. The molecule has 0 aliphatic heterocycles. The van der Waals surface area contributed by atoms with E-state index in [4.69, 9.17) is 38.4 Å². The van der Waals surface area contributed by atoms with Gasteiger partial charge in [-0.1, -0.05) is 35.3 Å². The van der Waals surface area contributed by atoms with Crippen LogP contribution in [0, 0.1) is 0 Å². The van der Waals surface area contributed by atoms with Crippen molar-refractivity contribution in [3.8, 4) is 11.5 Å². The van der Waals surface area contributed by atoms with Gasteiger partial charge >= 0.3 is 6.03 Å². The van der Waals surface area contributed by atoms with Crippen LogP contribution in [-0.4, -0.2) is 19.4 Å². The maximum Gasteiger partial charge on any atom is 0.332 e. The van der Waals surface area contributed by atoms with Crippen molar-refractivity contribution in [1.82, 2.24) is 5.43 Å². The second-order valence-electron chi connectivity index (χ2n) is 4.64. The number of amides is 2. The molecule has 0 radical (unpaired) electrons. The quantitative estimate of drug-likeness (QED) is 0.604. The molecule has 0 unspecified atom stereocenters. The minimum Gasteiger partial charge on any atom is -0.493 e. The van der Waals surface area contributed by atoms with Gasteiger partial charge < -0.3 is 15.2 Å². The van der Waals surface area contributed by atoms with Crippen LogP contribution in [0.25, 0.3) is 0 Å². The van der Waals surface area contributed by atoms with Crippen molar-refractivity contribution >= 4 is 35.4 Å². The fraction of sp³-hybridized carbons (Fsp3) is 0.125. The van der Waals surface area contributed by atoms with Crippen molar-refractivity contribution in [3.63, 3.8) is 0 Å². The molecule has 0 saturated heterocycles. The van der Waals surface area contributed by atoms with Crippen LogP contribution in [0.15, 0.2) is 41.5 Å². The number of carbonyl (C=O) groups is 1. The highest BCUT2D eigenvalue weighted by atomic mass is 35.5. The molecule has 2 aromatic rings. The Hall–Kier alpha value is -2.44. The molecule has 6 nitrogen and oxygen atoms in total. The van der Waals surface area contributed by atoms with E-state index >= 15 is 0 Å². The number of para-hydroxylation sites is 1. The smallest absolute Gasteiger partial charge is 0.332 e. The number of rotatable bonds is 6. The number of hydrogen-bond acceptors (Lipinski definition) is 4. The third-order valence-corrected chi connectivity index (χ3v) is 3.58. The Morgan fingerprint density at radius 3 is 2.79 bits per heavy atom. The summed E-state index contributed by atoms with van der Waals surface area (Å²) in [6, 6.07) is 9.67. The number of urea groups is 1.